The van der Waals surface area contributed by atoms with Crippen molar-refractivity contribution in [2.45, 2.75) is 0 Å². The Morgan fingerprint density at radius 1 is 1.53 bits per heavy atom. The molecular formula is C11H10BrFN4OS. The molecule has 0 saturated heterocycles. The normalized spacial score (nSPS) is 10.3. The molecule has 0 atom stereocenters. The number of carbonyl (C=O) groups excluding carboxylic acids is 1. The first kappa shape index (κ1) is 13.8. The number of nitrogens with two attached hydrogens (primary N) is 1. The second-order valence-corrected chi connectivity index (χ2v) is 5.39. The number of para-hydroxylation sites is 1. The van der Waals surface area contributed by atoms with Gasteiger partial charge in [-0.05, 0) is 28.1 Å². The van der Waals surface area contributed by atoms with E-state index in [0.29, 0.717) is 9.60 Å². The molecule has 5 nitrogen and oxygen atoms in total. The van der Waals surface area contributed by atoms with E-state index in [4.69, 9.17) is 5.73 Å². The molecule has 0 aliphatic rings. The monoisotopic (exact) mass is 344 g/mol. The van der Waals surface area contributed by atoms with Crippen LogP contribution >= 0.6 is 27.3 Å². The number of halogens is 2. The fourth-order valence-electron chi connectivity index (χ4n) is 1.39. The number of anilines is 3. The van der Waals surface area contributed by atoms with E-state index in [1.165, 1.54) is 12.1 Å². The van der Waals surface area contributed by atoms with Gasteiger partial charge >= 0.3 is 0 Å². The minimum Gasteiger partial charge on any atom is -0.382 e. The fraction of sp³-hybridized carbons (Fsp3) is 0.0909. The minimum atomic E-state index is -0.528. The molecule has 0 bridgehead atoms. The average molecular weight is 345 g/mol. The number of aromatic nitrogens is 1. The van der Waals surface area contributed by atoms with Crippen molar-refractivity contribution >= 4 is 49.8 Å². The maximum Gasteiger partial charge on any atom is 0.269 e. The molecule has 19 heavy (non-hydrogen) atoms. The molecule has 0 aliphatic carbocycles. The quantitative estimate of drug-likeness (QED) is 0.799. The number of hydrogen-bond acceptors (Lipinski definition) is 5. The van der Waals surface area contributed by atoms with Crippen molar-refractivity contribution in [3.05, 3.63) is 33.4 Å². The number of nitrogen functional groups attached to an aromatic ring is 1. The Morgan fingerprint density at radius 3 is 2.84 bits per heavy atom. The number of thiazole rings is 1. The van der Waals surface area contributed by atoms with E-state index in [0.717, 1.165) is 11.3 Å². The van der Waals surface area contributed by atoms with Crippen molar-refractivity contribution < 1.29 is 9.18 Å². The summed E-state index contributed by atoms with van der Waals surface area (Å²) in [7, 11) is 1.67. The molecule has 0 radical (unpaired) electrons. The van der Waals surface area contributed by atoms with Crippen molar-refractivity contribution in [3.63, 3.8) is 0 Å². The Hall–Kier alpha value is -1.67. The lowest BCUT2D eigenvalue weighted by Gasteiger charge is -2.07. The predicted octanol–water partition coefficient (Wildman–Crippen LogP) is 2.92. The molecule has 0 saturated carbocycles. The van der Waals surface area contributed by atoms with E-state index in [9.17, 15) is 9.18 Å². The Bertz CT molecular complexity index is 611. The highest BCUT2D eigenvalue weighted by Gasteiger charge is 2.18. The molecule has 1 heterocycles. The van der Waals surface area contributed by atoms with Crippen LogP contribution in [0.3, 0.4) is 0 Å². The zero-order chi connectivity index (χ0) is 14.0. The third-order valence-corrected chi connectivity index (χ3v) is 4.02. The molecule has 2 rings (SSSR count). The molecule has 0 fully saturated rings. The first-order chi connectivity index (χ1) is 9.02. The second kappa shape index (κ2) is 5.54. The number of nitrogens with one attached hydrogen (secondary N) is 2. The van der Waals surface area contributed by atoms with Gasteiger partial charge in [0.1, 0.15) is 16.5 Å². The molecular weight excluding hydrogens is 335 g/mol. The zero-order valence-corrected chi connectivity index (χ0v) is 12.2. The van der Waals surface area contributed by atoms with Gasteiger partial charge < -0.3 is 16.4 Å². The summed E-state index contributed by atoms with van der Waals surface area (Å²) < 4.78 is 14.1. The van der Waals surface area contributed by atoms with Crippen LogP contribution in [0.4, 0.5) is 21.0 Å². The van der Waals surface area contributed by atoms with E-state index >= 15 is 0 Å². The smallest absolute Gasteiger partial charge is 0.269 e. The van der Waals surface area contributed by atoms with Gasteiger partial charge in [-0.2, -0.15) is 0 Å². The molecule has 0 aliphatic heterocycles. The molecule has 8 heteroatoms. The lowest BCUT2D eigenvalue weighted by atomic mass is 10.3. The molecule has 1 aromatic carbocycles. The van der Waals surface area contributed by atoms with Crippen LogP contribution < -0.4 is 16.4 Å². The third-order valence-electron chi connectivity index (χ3n) is 2.27. The molecule has 2 aromatic rings. The van der Waals surface area contributed by atoms with E-state index in [-0.39, 0.29) is 16.4 Å². The SMILES string of the molecule is CNc1nc(N)c(C(=O)Nc2c(F)cccc2Br)s1. The number of nitrogens with zero attached hydrogens (tertiary/aromatic N) is 1. The van der Waals surface area contributed by atoms with Gasteiger partial charge in [-0.3, -0.25) is 4.79 Å². The summed E-state index contributed by atoms with van der Waals surface area (Å²) >= 11 is 4.28. The average Bonchev–Trinajstić information content (AvgIpc) is 2.75. The number of amides is 1. The highest BCUT2D eigenvalue weighted by molar-refractivity contribution is 9.10. The largest absolute Gasteiger partial charge is 0.382 e. The summed E-state index contributed by atoms with van der Waals surface area (Å²) in [5.74, 6) is -0.915. The van der Waals surface area contributed by atoms with Crippen molar-refractivity contribution in [2.75, 3.05) is 23.4 Å². The molecule has 100 valence electrons. The minimum absolute atomic E-state index is 0.0753. The zero-order valence-electron chi connectivity index (χ0n) is 9.83. The van der Waals surface area contributed by atoms with Crippen LogP contribution in [0.2, 0.25) is 0 Å². The second-order valence-electron chi connectivity index (χ2n) is 3.53. The number of benzene rings is 1. The third kappa shape index (κ3) is 2.85. The lowest BCUT2D eigenvalue weighted by Crippen LogP contribution is -2.13. The lowest BCUT2D eigenvalue weighted by molar-refractivity contribution is 0.103. The summed E-state index contributed by atoms with van der Waals surface area (Å²) in [4.78, 5) is 16.2. The van der Waals surface area contributed by atoms with Gasteiger partial charge in [-0.15, -0.1) is 0 Å². The standard InChI is InChI=1S/C11H10BrFN4OS/c1-15-11-17-9(14)8(19-11)10(18)16-7-5(12)3-2-4-6(7)13/h2-4H,14H2,1H3,(H,15,17)(H,16,18). The first-order valence-corrected chi connectivity index (χ1v) is 6.83. The number of carbonyl (C=O) groups is 1. The topological polar surface area (TPSA) is 80.0 Å². The highest BCUT2D eigenvalue weighted by atomic mass is 79.9. The Balaban J connectivity index is 2.28. The van der Waals surface area contributed by atoms with Crippen LogP contribution in [0.5, 0.6) is 0 Å². The van der Waals surface area contributed by atoms with Crippen molar-refractivity contribution in [3.8, 4) is 0 Å². The predicted molar refractivity (Wildman–Crippen MR) is 78.1 cm³/mol. The molecule has 4 N–H and O–H groups in total. The van der Waals surface area contributed by atoms with Gasteiger partial charge in [0, 0.05) is 11.5 Å². The van der Waals surface area contributed by atoms with Crippen LogP contribution in [0.15, 0.2) is 22.7 Å². The number of hydrogen-bond donors (Lipinski definition) is 3. The molecule has 1 amide bonds. The molecule has 1 aromatic heterocycles. The van der Waals surface area contributed by atoms with E-state index < -0.39 is 11.7 Å². The van der Waals surface area contributed by atoms with Crippen molar-refractivity contribution in [1.82, 2.24) is 4.98 Å². The van der Waals surface area contributed by atoms with Gasteiger partial charge in [-0.1, -0.05) is 17.4 Å². The van der Waals surface area contributed by atoms with E-state index in [2.05, 4.69) is 31.5 Å². The highest BCUT2D eigenvalue weighted by Crippen LogP contribution is 2.29. The summed E-state index contributed by atoms with van der Waals surface area (Å²) in [6.45, 7) is 0. The van der Waals surface area contributed by atoms with E-state index in [1.807, 2.05) is 0 Å². The van der Waals surface area contributed by atoms with Gasteiger partial charge in [0.05, 0.1) is 5.69 Å². The Kier molecular flexibility index (Phi) is 4.01. The van der Waals surface area contributed by atoms with Crippen molar-refractivity contribution in [1.29, 1.82) is 0 Å². The summed E-state index contributed by atoms with van der Waals surface area (Å²) in [6, 6.07) is 4.43. The summed E-state index contributed by atoms with van der Waals surface area (Å²) in [5, 5.41) is 5.79. The van der Waals surface area contributed by atoms with Gasteiger partial charge in [0.15, 0.2) is 5.13 Å². The van der Waals surface area contributed by atoms with Gasteiger partial charge in [0.2, 0.25) is 0 Å². The van der Waals surface area contributed by atoms with Crippen molar-refractivity contribution in [2.24, 2.45) is 0 Å². The molecule has 0 spiro atoms. The van der Waals surface area contributed by atoms with Gasteiger partial charge in [-0.25, -0.2) is 9.37 Å². The maximum absolute atomic E-state index is 13.6. The van der Waals surface area contributed by atoms with Crippen LogP contribution in [0.1, 0.15) is 9.67 Å². The Labute approximate surface area is 121 Å². The van der Waals surface area contributed by atoms with E-state index in [1.54, 1.807) is 13.1 Å². The summed E-state index contributed by atoms with van der Waals surface area (Å²) in [5.41, 5.74) is 5.72. The maximum atomic E-state index is 13.6. The van der Waals surface area contributed by atoms with Crippen LogP contribution in [-0.4, -0.2) is 17.9 Å². The Morgan fingerprint density at radius 2 is 2.26 bits per heavy atom. The fourth-order valence-corrected chi connectivity index (χ4v) is 2.56. The van der Waals surface area contributed by atoms with Crippen LogP contribution in [-0.2, 0) is 0 Å². The first-order valence-electron chi connectivity index (χ1n) is 5.22. The summed E-state index contributed by atoms with van der Waals surface area (Å²) in [6.07, 6.45) is 0. The molecule has 0 unspecified atom stereocenters. The van der Waals surface area contributed by atoms with Crippen LogP contribution in [0.25, 0.3) is 0 Å². The van der Waals surface area contributed by atoms with Crippen LogP contribution in [0, 0.1) is 5.82 Å². The number of rotatable bonds is 3. The van der Waals surface area contributed by atoms with Gasteiger partial charge in [0.25, 0.3) is 5.91 Å².